The van der Waals surface area contributed by atoms with Crippen molar-refractivity contribution in [3.63, 3.8) is 0 Å². The minimum Gasteiger partial charge on any atom is -0.424 e. The summed E-state index contributed by atoms with van der Waals surface area (Å²) in [4.78, 5) is 16.3. The number of benzene rings is 1. The number of carbonyl (C=O) groups excluding carboxylic acids is 1. The molecule has 0 aliphatic rings. The van der Waals surface area contributed by atoms with Crippen molar-refractivity contribution in [3.8, 4) is 17.0 Å². The van der Waals surface area contributed by atoms with E-state index in [4.69, 9.17) is 12.6 Å². The number of hydrogen-bond donors (Lipinski definition) is 0. The minimum absolute atomic E-state index is 0.290. The van der Waals surface area contributed by atoms with Gasteiger partial charge in [0, 0.05) is 11.8 Å². The third kappa shape index (κ3) is 3.26. The number of rotatable bonds is 2. The summed E-state index contributed by atoms with van der Waals surface area (Å²) in [6, 6.07) is 10.8. The van der Waals surface area contributed by atoms with Crippen LogP contribution in [0.25, 0.3) is 11.3 Å². The van der Waals surface area contributed by atoms with E-state index in [-0.39, 0.29) is 5.97 Å². The molecule has 0 amide bonds. The Bertz CT molecular complexity index is 615. The van der Waals surface area contributed by atoms with Gasteiger partial charge in [-0.15, -0.1) is 0 Å². The van der Waals surface area contributed by atoms with Crippen molar-refractivity contribution in [2.24, 2.45) is 5.41 Å². The largest absolute Gasteiger partial charge is 0.424 e. The van der Waals surface area contributed by atoms with Crippen LogP contribution >= 0.6 is 0 Å². The fourth-order valence-electron chi connectivity index (χ4n) is 1.58. The predicted molar refractivity (Wildman–Crippen MR) is 80.2 cm³/mol. The maximum Gasteiger partial charge on any atom is 0.316 e. The van der Waals surface area contributed by atoms with E-state index in [1.807, 2.05) is 32.9 Å². The number of carbonyl (C=O) groups is 1. The van der Waals surface area contributed by atoms with Crippen molar-refractivity contribution in [2.45, 2.75) is 20.8 Å². The van der Waals surface area contributed by atoms with E-state index in [2.05, 4.69) is 4.98 Å². The molecule has 20 heavy (non-hydrogen) atoms. The summed E-state index contributed by atoms with van der Waals surface area (Å²) in [5.74, 6) is 0.166. The van der Waals surface area contributed by atoms with Crippen LogP contribution in [0.1, 0.15) is 20.8 Å². The van der Waals surface area contributed by atoms with Crippen LogP contribution in [0.15, 0.2) is 42.6 Å². The fraction of sp³-hybridized carbons (Fsp3) is 0.250. The summed E-state index contributed by atoms with van der Waals surface area (Å²) in [6.07, 6.45) is 1.67. The van der Waals surface area contributed by atoms with Crippen molar-refractivity contribution in [1.82, 2.24) is 4.98 Å². The van der Waals surface area contributed by atoms with Crippen LogP contribution in [0.5, 0.6) is 5.75 Å². The smallest absolute Gasteiger partial charge is 0.316 e. The molecule has 0 fully saturated rings. The Labute approximate surface area is 120 Å². The molecule has 0 bridgehead atoms. The Morgan fingerprint density at radius 1 is 1.15 bits per heavy atom. The summed E-state index contributed by atoms with van der Waals surface area (Å²) in [5.41, 5.74) is 1.60. The van der Waals surface area contributed by atoms with Crippen molar-refractivity contribution in [3.05, 3.63) is 42.6 Å². The van der Waals surface area contributed by atoms with E-state index in [0.717, 1.165) is 5.56 Å². The lowest BCUT2D eigenvalue weighted by Crippen LogP contribution is -2.25. The number of aromatic nitrogens is 1. The number of nitrogens with zero attached hydrogens (tertiary/aromatic N) is 1. The second-order valence-electron chi connectivity index (χ2n) is 5.61. The lowest BCUT2D eigenvalue weighted by Gasteiger charge is -2.17. The lowest BCUT2D eigenvalue weighted by atomic mass is 9.94. The molecule has 2 radical (unpaired) electrons. The summed E-state index contributed by atoms with van der Waals surface area (Å²) in [6.45, 7) is 5.44. The Hall–Kier alpha value is -2.10. The van der Waals surface area contributed by atoms with Crippen molar-refractivity contribution < 1.29 is 9.53 Å². The summed E-state index contributed by atoms with van der Waals surface area (Å²) >= 11 is 0. The molecule has 3 nitrogen and oxygen atoms in total. The standard InChI is InChI=1S/C16H16BNO2/c1-16(2,3)15(19)20-13-5-4-10-18-14(13)11-6-8-12(17)9-7-11/h4-10H,1-3H3. The molecule has 0 aliphatic carbocycles. The molecule has 0 saturated heterocycles. The van der Waals surface area contributed by atoms with Crippen LogP contribution in [0, 0.1) is 5.41 Å². The molecule has 2 rings (SSSR count). The van der Waals surface area contributed by atoms with Gasteiger partial charge in [0.15, 0.2) is 5.75 Å². The highest BCUT2D eigenvalue weighted by molar-refractivity contribution is 6.32. The fourth-order valence-corrected chi connectivity index (χ4v) is 1.58. The quantitative estimate of drug-likeness (QED) is 0.618. The van der Waals surface area contributed by atoms with Crippen LogP contribution in [-0.2, 0) is 4.79 Å². The normalized spacial score (nSPS) is 11.2. The van der Waals surface area contributed by atoms with Crippen LogP contribution < -0.4 is 10.2 Å². The number of ether oxygens (including phenoxy) is 1. The molecule has 0 atom stereocenters. The molecular weight excluding hydrogens is 249 g/mol. The van der Waals surface area contributed by atoms with E-state index in [0.29, 0.717) is 16.9 Å². The Morgan fingerprint density at radius 3 is 2.40 bits per heavy atom. The highest BCUT2D eigenvalue weighted by Gasteiger charge is 2.24. The van der Waals surface area contributed by atoms with Crippen molar-refractivity contribution in [2.75, 3.05) is 0 Å². The molecule has 0 N–H and O–H groups in total. The number of pyridine rings is 1. The highest BCUT2D eigenvalue weighted by Crippen LogP contribution is 2.28. The Balaban J connectivity index is 2.36. The molecule has 1 aromatic carbocycles. The van der Waals surface area contributed by atoms with Gasteiger partial charge < -0.3 is 4.74 Å². The van der Waals surface area contributed by atoms with Gasteiger partial charge in [-0.25, -0.2) is 0 Å². The average molecular weight is 265 g/mol. The van der Waals surface area contributed by atoms with Gasteiger partial charge in [-0.1, -0.05) is 29.7 Å². The average Bonchev–Trinajstić information content (AvgIpc) is 2.39. The Kier molecular flexibility index (Phi) is 3.93. The summed E-state index contributed by atoms with van der Waals surface area (Å²) in [5, 5.41) is 0. The first kappa shape index (κ1) is 14.3. The van der Waals surface area contributed by atoms with Gasteiger partial charge in [-0.3, -0.25) is 9.78 Å². The predicted octanol–water partition coefficient (Wildman–Crippen LogP) is 2.49. The zero-order chi connectivity index (χ0) is 14.8. The van der Waals surface area contributed by atoms with E-state index in [1.54, 1.807) is 30.5 Å². The van der Waals surface area contributed by atoms with Gasteiger partial charge in [0.1, 0.15) is 13.5 Å². The zero-order valence-electron chi connectivity index (χ0n) is 11.9. The maximum absolute atomic E-state index is 12.0. The van der Waals surface area contributed by atoms with Crippen molar-refractivity contribution >= 4 is 19.3 Å². The lowest BCUT2D eigenvalue weighted by molar-refractivity contribution is -0.142. The van der Waals surface area contributed by atoms with E-state index in [9.17, 15) is 4.79 Å². The van der Waals surface area contributed by atoms with Crippen molar-refractivity contribution in [1.29, 1.82) is 0 Å². The van der Waals surface area contributed by atoms with Crippen LogP contribution in [0.4, 0.5) is 0 Å². The number of esters is 1. The van der Waals surface area contributed by atoms with Gasteiger partial charge in [0.05, 0.1) is 5.41 Å². The molecule has 1 aromatic heterocycles. The summed E-state index contributed by atoms with van der Waals surface area (Å²) < 4.78 is 5.46. The second-order valence-corrected chi connectivity index (χ2v) is 5.61. The number of hydrogen-bond acceptors (Lipinski definition) is 3. The second kappa shape index (κ2) is 5.49. The first-order valence-electron chi connectivity index (χ1n) is 6.41. The molecular formula is C16H16BNO2. The van der Waals surface area contributed by atoms with Gasteiger partial charge in [0.25, 0.3) is 0 Å². The zero-order valence-corrected chi connectivity index (χ0v) is 11.9. The highest BCUT2D eigenvalue weighted by atomic mass is 16.5. The maximum atomic E-state index is 12.0. The van der Waals surface area contributed by atoms with Gasteiger partial charge in [-0.05, 0) is 32.9 Å². The molecule has 0 saturated carbocycles. The third-order valence-corrected chi connectivity index (χ3v) is 2.77. The van der Waals surface area contributed by atoms with Gasteiger partial charge >= 0.3 is 5.97 Å². The molecule has 0 spiro atoms. The Morgan fingerprint density at radius 2 is 1.80 bits per heavy atom. The van der Waals surface area contributed by atoms with E-state index < -0.39 is 5.41 Å². The molecule has 100 valence electrons. The molecule has 2 aromatic rings. The van der Waals surface area contributed by atoms with Crippen LogP contribution in [0.3, 0.4) is 0 Å². The summed E-state index contributed by atoms with van der Waals surface area (Å²) in [7, 11) is 5.67. The SMILES string of the molecule is [B]c1ccc(-c2ncccc2OC(=O)C(C)(C)C)cc1. The topological polar surface area (TPSA) is 39.2 Å². The van der Waals surface area contributed by atoms with Gasteiger partial charge in [-0.2, -0.15) is 0 Å². The van der Waals surface area contributed by atoms with Gasteiger partial charge in [0.2, 0.25) is 0 Å². The van der Waals surface area contributed by atoms with E-state index >= 15 is 0 Å². The minimum atomic E-state index is -0.561. The van der Waals surface area contributed by atoms with E-state index in [1.165, 1.54) is 0 Å². The molecule has 1 heterocycles. The van der Waals surface area contributed by atoms with Crippen LogP contribution in [-0.4, -0.2) is 18.8 Å². The molecule has 0 aliphatic heterocycles. The monoisotopic (exact) mass is 265 g/mol. The first-order chi connectivity index (χ1) is 9.38. The first-order valence-corrected chi connectivity index (χ1v) is 6.41. The van der Waals surface area contributed by atoms with Crippen LogP contribution in [0.2, 0.25) is 0 Å². The molecule has 4 heteroatoms. The third-order valence-electron chi connectivity index (χ3n) is 2.77. The molecule has 0 unspecified atom stereocenters.